The second-order valence-corrected chi connectivity index (χ2v) is 6.80. The minimum atomic E-state index is -3.56. The molecule has 114 valence electrons. The van der Waals surface area contributed by atoms with Gasteiger partial charge in [0.25, 0.3) is 10.0 Å². The SMILES string of the molecule is CCCCc1ccc(S(=O)(=O)Nc2cnn(C)c2C)cc1. The minimum Gasteiger partial charge on any atom is -0.276 e. The second kappa shape index (κ2) is 6.30. The summed E-state index contributed by atoms with van der Waals surface area (Å²) in [5.41, 5.74) is 2.44. The van der Waals surface area contributed by atoms with E-state index in [4.69, 9.17) is 0 Å². The number of rotatable bonds is 6. The number of hydrogen-bond donors (Lipinski definition) is 1. The third-order valence-electron chi connectivity index (χ3n) is 3.53. The molecule has 0 aliphatic rings. The lowest BCUT2D eigenvalue weighted by molar-refractivity contribution is 0.601. The number of nitrogens with one attached hydrogen (secondary N) is 1. The van der Waals surface area contributed by atoms with Crippen LogP contribution in [0.5, 0.6) is 0 Å². The number of aryl methyl sites for hydroxylation is 2. The Morgan fingerprint density at radius 3 is 2.43 bits per heavy atom. The Balaban J connectivity index is 2.17. The number of benzene rings is 1. The Hall–Kier alpha value is -1.82. The van der Waals surface area contributed by atoms with E-state index < -0.39 is 10.0 Å². The summed E-state index contributed by atoms with van der Waals surface area (Å²) in [5.74, 6) is 0. The maximum atomic E-state index is 12.3. The lowest BCUT2D eigenvalue weighted by Gasteiger charge is -2.08. The Bertz CT molecular complexity index is 703. The summed E-state index contributed by atoms with van der Waals surface area (Å²) in [7, 11) is -1.79. The molecule has 0 fully saturated rings. The van der Waals surface area contributed by atoms with Crippen molar-refractivity contribution in [2.24, 2.45) is 7.05 Å². The molecule has 21 heavy (non-hydrogen) atoms. The van der Waals surface area contributed by atoms with E-state index in [-0.39, 0.29) is 4.90 Å². The van der Waals surface area contributed by atoms with Gasteiger partial charge >= 0.3 is 0 Å². The van der Waals surface area contributed by atoms with Crippen LogP contribution in [0.1, 0.15) is 31.0 Å². The smallest absolute Gasteiger partial charge is 0.262 e. The summed E-state index contributed by atoms with van der Waals surface area (Å²) < 4.78 is 28.9. The fourth-order valence-electron chi connectivity index (χ4n) is 2.02. The van der Waals surface area contributed by atoms with E-state index in [1.54, 1.807) is 23.9 Å². The lowest BCUT2D eigenvalue weighted by Crippen LogP contribution is -2.13. The molecule has 0 saturated heterocycles. The van der Waals surface area contributed by atoms with Gasteiger partial charge in [0.2, 0.25) is 0 Å². The highest BCUT2D eigenvalue weighted by atomic mass is 32.2. The first-order valence-electron chi connectivity index (χ1n) is 7.04. The predicted molar refractivity (Wildman–Crippen MR) is 83.8 cm³/mol. The van der Waals surface area contributed by atoms with Crippen LogP contribution in [0.25, 0.3) is 0 Å². The Kier molecular flexibility index (Phi) is 4.67. The number of sulfonamides is 1. The fourth-order valence-corrected chi connectivity index (χ4v) is 3.12. The van der Waals surface area contributed by atoms with Crippen LogP contribution in [0.3, 0.4) is 0 Å². The minimum absolute atomic E-state index is 0.269. The lowest BCUT2D eigenvalue weighted by atomic mass is 10.1. The Morgan fingerprint density at radius 2 is 1.90 bits per heavy atom. The van der Waals surface area contributed by atoms with E-state index in [2.05, 4.69) is 16.7 Å². The third-order valence-corrected chi connectivity index (χ3v) is 4.91. The second-order valence-electron chi connectivity index (χ2n) is 5.12. The third kappa shape index (κ3) is 3.64. The molecule has 0 aliphatic carbocycles. The predicted octanol–water partition coefficient (Wildman–Crippen LogP) is 2.87. The van der Waals surface area contributed by atoms with Crippen LogP contribution in [0, 0.1) is 6.92 Å². The summed E-state index contributed by atoms with van der Waals surface area (Å²) >= 11 is 0. The molecule has 0 saturated carbocycles. The van der Waals surface area contributed by atoms with Crippen LogP contribution in [-0.4, -0.2) is 18.2 Å². The van der Waals surface area contributed by atoms with Gasteiger partial charge in [-0.1, -0.05) is 25.5 Å². The highest BCUT2D eigenvalue weighted by Gasteiger charge is 2.16. The molecule has 5 nitrogen and oxygen atoms in total. The van der Waals surface area contributed by atoms with Crippen molar-refractivity contribution in [1.29, 1.82) is 0 Å². The van der Waals surface area contributed by atoms with Gasteiger partial charge in [0.1, 0.15) is 0 Å². The van der Waals surface area contributed by atoms with Crippen molar-refractivity contribution in [3.8, 4) is 0 Å². The van der Waals surface area contributed by atoms with Gasteiger partial charge in [0, 0.05) is 7.05 Å². The van der Waals surface area contributed by atoms with Crippen molar-refractivity contribution < 1.29 is 8.42 Å². The molecule has 2 rings (SSSR count). The molecule has 1 N–H and O–H groups in total. The molecule has 0 amide bonds. The molecular formula is C15H21N3O2S. The normalized spacial score (nSPS) is 11.6. The first kappa shape index (κ1) is 15.6. The topological polar surface area (TPSA) is 64.0 Å². The number of hydrogen-bond acceptors (Lipinski definition) is 3. The molecule has 0 radical (unpaired) electrons. The van der Waals surface area contributed by atoms with Gasteiger partial charge in [-0.3, -0.25) is 9.40 Å². The van der Waals surface area contributed by atoms with Gasteiger partial charge in [-0.2, -0.15) is 5.10 Å². The highest BCUT2D eigenvalue weighted by molar-refractivity contribution is 7.92. The molecule has 1 aromatic heterocycles. The van der Waals surface area contributed by atoms with Gasteiger partial charge < -0.3 is 0 Å². The number of unbranched alkanes of at least 4 members (excludes halogenated alkanes) is 1. The first-order chi connectivity index (χ1) is 9.94. The van der Waals surface area contributed by atoms with Gasteiger partial charge in [-0.05, 0) is 37.5 Å². The summed E-state index contributed by atoms with van der Waals surface area (Å²) in [6.07, 6.45) is 4.73. The molecule has 0 bridgehead atoms. The molecule has 1 aromatic carbocycles. The molecule has 0 unspecified atom stereocenters. The Morgan fingerprint density at radius 1 is 1.24 bits per heavy atom. The molecule has 0 aliphatic heterocycles. The van der Waals surface area contributed by atoms with E-state index in [1.165, 1.54) is 6.20 Å². The first-order valence-corrected chi connectivity index (χ1v) is 8.52. The maximum Gasteiger partial charge on any atom is 0.262 e. The van der Waals surface area contributed by atoms with E-state index in [0.717, 1.165) is 30.5 Å². The van der Waals surface area contributed by atoms with Crippen LogP contribution in [-0.2, 0) is 23.5 Å². The van der Waals surface area contributed by atoms with Crippen molar-refractivity contribution in [3.63, 3.8) is 0 Å². The van der Waals surface area contributed by atoms with E-state index >= 15 is 0 Å². The number of anilines is 1. The van der Waals surface area contributed by atoms with Crippen LogP contribution in [0.15, 0.2) is 35.4 Å². The van der Waals surface area contributed by atoms with Gasteiger partial charge in [0.05, 0.1) is 22.5 Å². The highest BCUT2D eigenvalue weighted by Crippen LogP contribution is 2.19. The summed E-state index contributed by atoms with van der Waals surface area (Å²) in [6, 6.07) is 7.05. The van der Waals surface area contributed by atoms with Crippen LogP contribution >= 0.6 is 0 Å². The van der Waals surface area contributed by atoms with Crippen LogP contribution < -0.4 is 4.72 Å². The van der Waals surface area contributed by atoms with Crippen LogP contribution in [0.4, 0.5) is 5.69 Å². The van der Waals surface area contributed by atoms with Crippen molar-refractivity contribution in [3.05, 3.63) is 41.7 Å². The largest absolute Gasteiger partial charge is 0.276 e. The molecule has 6 heteroatoms. The van der Waals surface area contributed by atoms with Crippen molar-refractivity contribution in [2.45, 2.75) is 38.0 Å². The maximum absolute atomic E-state index is 12.3. The summed E-state index contributed by atoms with van der Waals surface area (Å²) in [4.78, 5) is 0.269. The van der Waals surface area contributed by atoms with E-state index in [0.29, 0.717) is 5.69 Å². The fraction of sp³-hybridized carbons (Fsp3) is 0.400. The zero-order valence-corrected chi connectivity index (χ0v) is 13.4. The quantitative estimate of drug-likeness (QED) is 0.892. The van der Waals surface area contributed by atoms with Crippen molar-refractivity contribution >= 4 is 15.7 Å². The molecule has 0 spiro atoms. The average Bonchev–Trinajstić information content (AvgIpc) is 2.77. The van der Waals surface area contributed by atoms with E-state index in [1.807, 2.05) is 19.1 Å². The van der Waals surface area contributed by atoms with Crippen molar-refractivity contribution in [2.75, 3.05) is 4.72 Å². The Labute approximate surface area is 126 Å². The summed E-state index contributed by atoms with van der Waals surface area (Å²) in [5, 5.41) is 4.03. The van der Waals surface area contributed by atoms with Crippen LogP contribution in [0.2, 0.25) is 0 Å². The van der Waals surface area contributed by atoms with Gasteiger partial charge in [-0.15, -0.1) is 0 Å². The zero-order valence-electron chi connectivity index (χ0n) is 12.6. The average molecular weight is 307 g/mol. The number of aromatic nitrogens is 2. The monoisotopic (exact) mass is 307 g/mol. The van der Waals surface area contributed by atoms with Gasteiger partial charge in [-0.25, -0.2) is 8.42 Å². The zero-order chi connectivity index (χ0) is 15.5. The molecular weight excluding hydrogens is 286 g/mol. The van der Waals surface area contributed by atoms with Crippen molar-refractivity contribution in [1.82, 2.24) is 9.78 Å². The molecule has 1 heterocycles. The summed E-state index contributed by atoms with van der Waals surface area (Å²) in [6.45, 7) is 3.96. The molecule has 0 atom stereocenters. The van der Waals surface area contributed by atoms with Gasteiger partial charge in [0.15, 0.2) is 0 Å². The van der Waals surface area contributed by atoms with E-state index in [9.17, 15) is 8.42 Å². The standard InChI is InChI=1S/C15H21N3O2S/c1-4-5-6-13-7-9-14(10-8-13)21(19,20)17-15-11-16-18(3)12(15)2/h7-11,17H,4-6H2,1-3H3. The molecule has 2 aromatic rings. The number of nitrogens with zero attached hydrogens (tertiary/aromatic N) is 2.